The van der Waals surface area contributed by atoms with Crippen LogP contribution in [-0.2, 0) is 23.7 Å². The Labute approximate surface area is 425 Å². The van der Waals surface area contributed by atoms with Gasteiger partial charge in [-0.3, -0.25) is 0 Å². The van der Waals surface area contributed by atoms with Crippen LogP contribution in [-0.4, -0.2) is 66.1 Å². The summed E-state index contributed by atoms with van der Waals surface area (Å²) >= 11 is 0. The predicted molar refractivity (Wildman–Crippen MR) is 262 cm³/mol. The molecule has 0 amide bonds. The number of hydrogen-bond donors (Lipinski definition) is 0. The van der Waals surface area contributed by atoms with Gasteiger partial charge < -0.3 is 39.0 Å². The van der Waals surface area contributed by atoms with Crippen LogP contribution in [0, 0.1) is 35.6 Å². The van der Waals surface area contributed by atoms with Crippen molar-refractivity contribution >= 4 is 0 Å². The zero-order valence-electron chi connectivity index (χ0n) is 43.1. The van der Waals surface area contributed by atoms with Crippen molar-refractivity contribution in [3.05, 3.63) is 88.0 Å². The van der Waals surface area contributed by atoms with Crippen LogP contribution in [0.2, 0.25) is 0 Å². The number of para-hydroxylation sites is 3. The quantitative estimate of drug-likeness (QED) is 0.240. The summed E-state index contributed by atoms with van der Waals surface area (Å²) in [5.74, 6) is 2.64. The first-order valence-corrected chi connectivity index (χ1v) is 24.9. The summed E-state index contributed by atoms with van der Waals surface area (Å²) in [4.78, 5) is 0. The van der Waals surface area contributed by atoms with Crippen molar-refractivity contribution in [3.8, 4) is 17.2 Å². The molecule has 0 aliphatic carbocycles. The third-order valence-electron chi connectivity index (χ3n) is 11.1. The van der Waals surface area contributed by atoms with Gasteiger partial charge in [0.25, 0.3) is 0 Å². The Morgan fingerprint density at radius 2 is 0.400 bits per heavy atom. The first-order valence-electron chi connectivity index (χ1n) is 24.9. The summed E-state index contributed by atoms with van der Waals surface area (Å²) in [7, 11) is 0. The van der Waals surface area contributed by atoms with Crippen LogP contribution < -0.4 is 15.3 Å². The summed E-state index contributed by atoms with van der Waals surface area (Å²) in [5, 5.41) is 35.6. The van der Waals surface area contributed by atoms with Crippen molar-refractivity contribution in [1.82, 2.24) is 0 Å². The first kappa shape index (κ1) is 63.1. The minimum atomic E-state index is 0. The molecule has 0 atom stereocenters. The van der Waals surface area contributed by atoms with Gasteiger partial charge in [-0.05, 0) is 99.7 Å². The maximum Gasteiger partial charge on any atom is 3.00 e. The predicted octanol–water partition coefficient (Wildman–Crippen LogP) is 13.0. The van der Waals surface area contributed by atoms with Gasteiger partial charge in [0, 0.05) is 66.1 Å². The maximum absolute atomic E-state index is 11.9. The van der Waals surface area contributed by atoms with Crippen molar-refractivity contribution < 1.29 is 74.6 Å². The van der Waals surface area contributed by atoms with Crippen molar-refractivity contribution in [2.75, 3.05) is 66.1 Å². The summed E-state index contributed by atoms with van der Waals surface area (Å²) < 4.78 is 24.7. The second kappa shape index (κ2) is 39.0. The van der Waals surface area contributed by atoms with Crippen molar-refractivity contribution in [3.63, 3.8) is 0 Å². The normalized spacial score (nSPS) is 16.0. The van der Waals surface area contributed by atoms with Crippen molar-refractivity contribution in [1.29, 1.82) is 0 Å². The third kappa shape index (κ3) is 28.2. The van der Waals surface area contributed by atoms with E-state index in [1.165, 1.54) is 64.2 Å². The molecular formula is C56H91LaO8. The van der Waals surface area contributed by atoms with E-state index in [-0.39, 0.29) is 52.8 Å². The van der Waals surface area contributed by atoms with Crippen LogP contribution in [0.25, 0.3) is 0 Å². The maximum atomic E-state index is 11.9. The van der Waals surface area contributed by atoms with Gasteiger partial charge in [-0.25, -0.2) is 0 Å². The molecule has 8 rings (SSSR count). The Bertz CT molecular complexity index is 1250. The first-order chi connectivity index (χ1) is 30.6. The molecule has 366 valence electrons. The standard InChI is InChI=1S/3C12H18O.5C4H8O.La/c3*1-8(2)10-6-5-7-11(9(3)4)12(10)13;5*1-2-4-5-3-1;/h3*5-9,13H,1-4H3;5*1-4H2;/q;;;;;;;;+3/p-3. The van der Waals surface area contributed by atoms with E-state index in [1.54, 1.807) is 0 Å². The van der Waals surface area contributed by atoms with E-state index >= 15 is 0 Å². The fourth-order valence-electron chi connectivity index (χ4n) is 7.00. The smallest absolute Gasteiger partial charge is 0.872 e. The van der Waals surface area contributed by atoms with E-state index in [4.69, 9.17) is 23.7 Å². The Balaban J connectivity index is 0.000000747. The van der Waals surface area contributed by atoms with Gasteiger partial charge in [-0.2, -0.15) is 0 Å². The van der Waals surface area contributed by atoms with Gasteiger partial charge in [0.1, 0.15) is 0 Å². The third-order valence-corrected chi connectivity index (χ3v) is 11.1. The number of benzene rings is 3. The Morgan fingerprint density at radius 1 is 0.277 bits per heavy atom. The van der Waals surface area contributed by atoms with Crippen molar-refractivity contribution in [2.24, 2.45) is 0 Å². The zero-order valence-corrected chi connectivity index (χ0v) is 46.8. The number of rotatable bonds is 6. The van der Waals surface area contributed by atoms with Crippen LogP contribution in [0.1, 0.15) is 216 Å². The van der Waals surface area contributed by atoms with Gasteiger partial charge >= 0.3 is 35.6 Å². The van der Waals surface area contributed by atoms with Crippen LogP contribution in [0.3, 0.4) is 0 Å². The van der Waals surface area contributed by atoms with E-state index in [0.717, 1.165) is 99.4 Å². The topological polar surface area (TPSA) is 115 Å². The number of ether oxygens (including phenoxy) is 5. The molecule has 0 saturated carbocycles. The molecule has 9 heteroatoms. The van der Waals surface area contributed by atoms with Gasteiger partial charge in [0.15, 0.2) is 0 Å². The molecule has 8 nitrogen and oxygen atoms in total. The molecule has 5 heterocycles. The largest absolute Gasteiger partial charge is 3.00 e. The van der Waals surface area contributed by atoms with E-state index in [0.29, 0.717) is 35.5 Å². The van der Waals surface area contributed by atoms with Crippen LogP contribution in [0.5, 0.6) is 17.2 Å². The van der Waals surface area contributed by atoms with Gasteiger partial charge in [-0.1, -0.05) is 171 Å². The number of hydrogen-bond acceptors (Lipinski definition) is 8. The summed E-state index contributed by atoms with van der Waals surface area (Å²) in [6.45, 7) is 34.7. The van der Waals surface area contributed by atoms with Crippen LogP contribution >= 0.6 is 0 Å². The van der Waals surface area contributed by atoms with Gasteiger partial charge in [0.05, 0.1) is 0 Å². The second-order valence-electron chi connectivity index (χ2n) is 18.8. The molecule has 3 aromatic rings. The van der Waals surface area contributed by atoms with E-state index in [9.17, 15) is 15.3 Å². The minimum Gasteiger partial charge on any atom is -0.872 e. The molecule has 0 N–H and O–H groups in total. The molecule has 5 fully saturated rings. The van der Waals surface area contributed by atoms with Crippen LogP contribution in [0.4, 0.5) is 0 Å². The zero-order chi connectivity index (χ0) is 47.7. The Hall–Kier alpha value is -1.95. The summed E-state index contributed by atoms with van der Waals surface area (Å²) in [5.41, 5.74) is 5.62. The Kier molecular flexibility index (Phi) is 37.8. The van der Waals surface area contributed by atoms with Gasteiger partial charge in [0.2, 0.25) is 0 Å². The average Bonchev–Trinajstić information content (AvgIpc) is 4.12. The molecule has 0 spiro atoms. The fraction of sp³-hybridized carbons (Fsp3) is 0.679. The molecule has 5 aliphatic heterocycles. The molecule has 0 unspecified atom stereocenters. The molecule has 65 heavy (non-hydrogen) atoms. The molecule has 0 bridgehead atoms. The summed E-state index contributed by atoms with van der Waals surface area (Å²) in [6.07, 6.45) is 12.8. The molecular weight excluding hydrogens is 940 g/mol. The molecule has 0 radical (unpaired) electrons. The van der Waals surface area contributed by atoms with Gasteiger partial charge in [-0.15, -0.1) is 17.2 Å². The van der Waals surface area contributed by atoms with E-state index in [1.807, 2.05) is 54.6 Å². The van der Waals surface area contributed by atoms with Crippen molar-refractivity contribution in [2.45, 2.75) is 183 Å². The molecule has 5 aliphatic rings. The average molecular weight is 1030 g/mol. The summed E-state index contributed by atoms with van der Waals surface area (Å²) in [6, 6.07) is 17.5. The molecule has 3 aromatic carbocycles. The SMILES string of the molecule is C1CCOC1.C1CCOC1.C1CCOC1.C1CCOC1.C1CCOC1.CC(C)c1cccc(C(C)C)c1[O-].CC(C)c1cccc(C(C)C)c1[O-].CC(C)c1cccc(C(C)C)c1[O-].[La+3]. The minimum absolute atomic E-state index is 0. The molecule has 0 aromatic heterocycles. The fourth-order valence-corrected chi connectivity index (χ4v) is 7.00. The van der Waals surface area contributed by atoms with E-state index < -0.39 is 0 Å². The molecule has 5 saturated heterocycles. The van der Waals surface area contributed by atoms with Crippen LogP contribution in [0.15, 0.2) is 54.6 Å². The van der Waals surface area contributed by atoms with E-state index in [2.05, 4.69) is 83.1 Å². The second-order valence-corrected chi connectivity index (χ2v) is 18.8. The monoisotopic (exact) mass is 1030 g/mol. The Morgan fingerprint density at radius 3 is 0.477 bits per heavy atom.